The Hall–Kier alpha value is -3.02. The second-order valence-electron chi connectivity index (χ2n) is 8.81. The lowest BCUT2D eigenvalue weighted by molar-refractivity contribution is -0.115. The van der Waals surface area contributed by atoms with Crippen molar-refractivity contribution in [2.75, 3.05) is 30.4 Å². The summed E-state index contributed by atoms with van der Waals surface area (Å²) in [5.74, 6) is 0.619. The summed E-state index contributed by atoms with van der Waals surface area (Å²) in [5.41, 5.74) is 3.18. The summed E-state index contributed by atoms with van der Waals surface area (Å²) >= 11 is 0. The maximum absolute atomic E-state index is 13.2. The lowest BCUT2D eigenvalue weighted by Crippen LogP contribution is -2.37. The van der Waals surface area contributed by atoms with Gasteiger partial charge in [0, 0.05) is 30.5 Å². The Morgan fingerprint density at radius 2 is 1.69 bits per heavy atom. The van der Waals surface area contributed by atoms with E-state index < -0.39 is 0 Å². The minimum absolute atomic E-state index is 0.0370. The molecule has 2 aliphatic rings. The number of rotatable bonds is 7. The van der Waals surface area contributed by atoms with Crippen molar-refractivity contribution >= 4 is 23.2 Å². The Morgan fingerprint density at radius 1 is 0.969 bits per heavy atom. The molecule has 2 aromatic rings. The molecule has 0 unspecified atom stereocenters. The molecule has 6 nitrogen and oxygen atoms in total. The number of carbonyl (C=O) groups excluding carboxylic acids is 2. The van der Waals surface area contributed by atoms with E-state index in [2.05, 4.69) is 15.5 Å². The van der Waals surface area contributed by atoms with Crippen LogP contribution in [0, 0.1) is 0 Å². The van der Waals surface area contributed by atoms with Crippen LogP contribution >= 0.6 is 0 Å². The molecule has 32 heavy (non-hydrogen) atoms. The van der Waals surface area contributed by atoms with Crippen molar-refractivity contribution in [1.82, 2.24) is 5.32 Å². The average Bonchev–Trinajstić information content (AvgIpc) is 3.35. The molecule has 0 atom stereocenters. The maximum Gasteiger partial charge on any atom is 0.253 e. The Kier molecular flexibility index (Phi) is 7.30. The van der Waals surface area contributed by atoms with Crippen LogP contribution in [0.3, 0.4) is 0 Å². The molecule has 0 radical (unpaired) electrons. The van der Waals surface area contributed by atoms with Gasteiger partial charge in [-0.05, 0) is 61.6 Å². The van der Waals surface area contributed by atoms with Gasteiger partial charge in [0.15, 0.2) is 0 Å². The van der Waals surface area contributed by atoms with Gasteiger partial charge in [-0.3, -0.25) is 9.59 Å². The van der Waals surface area contributed by atoms with Crippen LogP contribution in [0.1, 0.15) is 60.9 Å². The van der Waals surface area contributed by atoms with Crippen LogP contribution in [0.2, 0.25) is 0 Å². The summed E-state index contributed by atoms with van der Waals surface area (Å²) in [7, 11) is 1.62. The van der Waals surface area contributed by atoms with Gasteiger partial charge in [-0.2, -0.15) is 0 Å². The van der Waals surface area contributed by atoms with Gasteiger partial charge in [-0.25, -0.2) is 0 Å². The van der Waals surface area contributed by atoms with Crippen LogP contribution in [0.25, 0.3) is 0 Å². The van der Waals surface area contributed by atoms with Crippen molar-refractivity contribution in [2.45, 2.75) is 57.4 Å². The van der Waals surface area contributed by atoms with Crippen LogP contribution in [-0.4, -0.2) is 38.1 Å². The second kappa shape index (κ2) is 10.5. The number of nitrogens with zero attached hydrogens (tertiary/aromatic N) is 1. The van der Waals surface area contributed by atoms with Crippen molar-refractivity contribution in [3.05, 3.63) is 53.6 Å². The minimum atomic E-state index is -0.109. The van der Waals surface area contributed by atoms with E-state index >= 15 is 0 Å². The zero-order chi connectivity index (χ0) is 22.3. The van der Waals surface area contributed by atoms with Gasteiger partial charge < -0.3 is 20.3 Å². The topological polar surface area (TPSA) is 70.7 Å². The zero-order valence-corrected chi connectivity index (χ0v) is 18.9. The van der Waals surface area contributed by atoms with Crippen LogP contribution in [0.5, 0.6) is 5.75 Å². The molecule has 0 spiro atoms. The Bertz CT molecular complexity index is 930. The van der Waals surface area contributed by atoms with E-state index in [0.717, 1.165) is 55.8 Å². The highest BCUT2D eigenvalue weighted by Crippen LogP contribution is 2.28. The summed E-state index contributed by atoms with van der Waals surface area (Å²) < 4.78 is 5.17. The lowest BCUT2D eigenvalue weighted by Gasteiger charge is -2.25. The summed E-state index contributed by atoms with van der Waals surface area (Å²) in [6.07, 6.45) is 8.24. The van der Waals surface area contributed by atoms with E-state index in [4.69, 9.17) is 4.74 Å². The number of nitrogens with one attached hydrogen (secondary N) is 2. The largest absolute Gasteiger partial charge is 0.497 e. The summed E-state index contributed by atoms with van der Waals surface area (Å²) in [6.45, 7) is 1.93. The highest BCUT2D eigenvalue weighted by molar-refractivity contribution is 6.02. The number of carbonyl (C=O) groups is 2. The fourth-order valence-electron chi connectivity index (χ4n) is 4.67. The van der Waals surface area contributed by atoms with E-state index in [1.807, 2.05) is 42.5 Å². The average molecular weight is 436 g/mol. The fraction of sp³-hybridized carbons (Fsp3) is 0.462. The third-order valence-corrected chi connectivity index (χ3v) is 6.44. The molecule has 2 N–H and O–H groups in total. The number of benzene rings is 2. The van der Waals surface area contributed by atoms with E-state index in [1.54, 1.807) is 7.11 Å². The first kappa shape index (κ1) is 22.2. The van der Waals surface area contributed by atoms with Gasteiger partial charge in [0.05, 0.1) is 19.1 Å². The molecule has 0 aromatic heterocycles. The zero-order valence-electron chi connectivity index (χ0n) is 18.9. The van der Waals surface area contributed by atoms with Crippen LogP contribution in [0.4, 0.5) is 11.4 Å². The Morgan fingerprint density at radius 3 is 2.38 bits per heavy atom. The molecule has 2 aromatic carbocycles. The van der Waals surface area contributed by atoms with Gasteiger partial charge in [0.25, 0.3) is 5.91 Å². The van der Waals surface area contributed by atoms with Gasteiger partial charge in [0.1, 0.15) is 5.75 Å². The third-order valence-electron chi connectivity index (χ3n) is 6.44. The van der Waals surface area contributed by atoms with Crippen molar-refractivity contribution in [1.29, 1.82) is 0 Å². The maximum atomic E-state index is 13.2. The number of methoxy groups -OCH3 is 1. The molecule has 2 fully saturated rings. The number of hydrogen-bond donors (Lipinski definition) is 2. The molecular weight excluding hydrogens is 402 g/mol. The second-order valence-corrected chi connectivity index (χ2v) is 8.81. The smallest absolute Gasteiger partial charge is 0.253 e. The summed E-state index contributed by atoms with van der Waals surface area (Å²) in [6, 6.07) is 13.4. The number of hydrogen-bond acceptors (Lipinski definition) is 4. The molecule has 1 aliphatic heterocycles. The molecule has 1 aliphatic carbocycles. The molecule has 2 amide bonds. The number of anilines is 2. The van der Waals surface area contributed by atoms with E-state index in [9.17, 15) is 9.59 Å². The van der Waals surface area contributed by atoms with E-state index in [0.29, 0.717) is 11.3 Å². The highest BCUT2D eigenvalue weighted by Gasteiger charge is 2.23. The lowest BCUT2D eigenvalue weighted by atomic mass is 9.95. The monoisotopic (exact) mass is 435 g/mol. The van der Waals surface area contributed by atoms with Crippen molar-refractivity contribution in [2.24, 2.45) is 0 Å². The standard InChI is InChI=1S/C26H33N3O3/c1-32-22-12-9-19(10-13-22)17-25(30)27-21-11-14-24(29-15-5-6-16-29)23(18-21)26(31)28-20-7-3-2-4-8-20/h9-14,18,20H,2-8,15-17H2,1H3,(H,27,30)(H,28,31). The molecule has 1 heterocycles. The number of amides is 2. The van der Waals surface area contributed by atoms with Crippen molar-refractivity contribution < 1.29 is 14.3 Å². The highest BCUT2D eigenvalue weighted by atomic mass is 16.5. The summed E-state index contributed by atoms with van der Waals surface area (Å²) in [4.78, 5) is 28.1. The van der Waals surface area contributed by atoms with Crippen LogP contribution in [0.15, 0.2) is 42.5 Å². The SMILES string of the molecule is COc1ccc(CC(=O)Nc2ccc(N3CCCC3)c(C(=O)NC3CCCCC3)c2)cc1. The quantitative estimate of drug-likeness (QED) is 0.670. The number of ether oxygens (including phenoxy) is 1. The molecule has 4 rings (SSSR count). The van der Waals surface area contributed by atoms with Crippen molar-refractivity contribution in [3.63, 3.8) is 0 Å². The van der Waals surface area contributed by atoms with E-state index in [1.165, 1.54) is 19.3 Å². The first-order chi connectivity index (χ1) is 15.6. The van der Waals surface area contributed by atoms with Gasteiger partial charge >= 0.3 is 0 Å². The molecule has 0 bridgehead atoms. The predicted molar refractivity (Wildman–Crippen MR) is 128 cm³/mol. The molecule has 1 saturated carbocycles. The first-order valence-corrected chi connectivity index (χ1v) is 11.7. The van der Waals surface area contributed by atoms with Gasteiger partial charge in [-0.15, -0.1) is 0 Å². The van der Waals surface area contributed by atoms with Gasteiger partial charge in [-0.1, -0.05) is 31.4 Å². The molecule has 1 saturated heterocycles. The predicted octanol–water partition coefficient (Wildman–Crippen LogP) is 4.54. The third kappa shape index (κ3) is 5.61. The van der Waals surface area contributed by atoms with Crippen LogP contribution in [-0.2, 0) is 11.2 Å². The Balaban J connectivity index is 1.48. The first-order valence-electron chi connectivity index (χ1n) is 11.7. The minimum Gasteiger partial charge on any atom is -0.497 e. The van der Waals surface area contributed by atoms with Crippen LogP contribution < -0.4 is 20.3 Å². The molecule has 6 heteroatoms. The van der Waals surface area contributed by atoms with E-state index in [-0.39, 0.29) is 24.3 Å². The molecular formula is C26H33N3O3. The normalized spacial score (nSPS) is 16.6. The fourth-order valence-corrected chi connectivity index (χ4v) is 4.67. The van der Waals surface area contributed by atoms with Gasteiger partial charge in [0.2, 0.25) is 5.91 Å². The Labute approximate surface area is 190 Å². The molecule has 170 valence electrons. The summed E-state index contributed by atoms with van der Waals surface area (Å²) in [5, 5.41) is 6.21. The van der Waals surface area contributed by atoms with Crippen molar-refractivity contribution in [3.8, 4) is 5.75 Å².